The van der Waals surface area contributed by atoms with Crippen molar-refractivity contribution in [2.75, 3.05) is 0 Å². The monoisotopic (exact) mass is 259 g/mol. The third kappa shape index (κ3) is 2.85. The van der Waals surface area contributed by atoms with Crippen molar-refractivity contribution in [2.45, 2.75) is 63.5 Å². The third-order valence-electron chi connectivity index (χ3n) is 5.01. The zero-order chi connectivity index (χ0) is 13.2. The second-order valence-electron chi connectivity index (χ2n) is 6.33. The smallest absolute Gasteiger partial charge is 0.0540 e. The number of benzene rings is 1. The van der Waals surface area contributed by atoms with Crippen LogP contribution in [0, 0.1) is 5.92 Å². The number of aliphatic hydroxyl groups excluding tert-OH is 1. The Morgan fingerprint density at radius 2 is 1.68 bits per heavy atom. The Morgan fingerprint density at radius 3 is 2.42 bits per heavy atom. The maximum Gasteiger partial charge on any atom is 0.0540 e. The number of aryl methyl sites for hydroxylation is 2. The average Bonchev–Trinajstić information content (AvgIpc) is 2.47. The van der Waals surface area contributed by atoms with Crippen LogP contribution in [0.1, 0.15) is 61.3 Å². The number of hydrogen-bond donors (Lipinski definition) is 2. The van der Waals surface area contributed by atoms with Gasteiger partial charge >= 0.3 is 0 Å². The van der Waals surface area contributed by atoms with Crippen molar-refractivity contribution in [1.82, 2.24) is 0 Å². The zero-order valence-electron chi connectivity index (χ0n) is 11.6. The molecule has 3 rings (SSSR count). The van der Waals surface area contributed by atoms with E-state index < -0.39 is 0 Å². The van der Waals surface area contributed by atoms with Crippen molar-refractivity contribution in [3.05, 3.63) is 34.9 Å². The van der Waals surface area contributed by atoms with Crippen LogP contribution in [0.4, 0.5) is 0 Å². The Hall–Kier alpha value is -0.860. The SMILES string of the molecule is NC(c1ccc2c(c1)CCCC2)C1CCC(O)CC1. The number of nitrogens with two attached hydrogens (primary N) is 1. The highest BCUT2D eigenvalue weighted by Gasteiger charge is 2.26. The highest BCUT2D eigenvalue weighted by molar-refractivity contribution is 5.35. The van der Waals surface area contributed by atoms with Gasteiger partial charge in [-0.1, -0.05) is 18.2 Å². The summed E-state index contributed by atoms with van der Waals surface area (Å²) < 4.78 is 0. The normalized spacial score (nSPS) is 28.7. The molecule has 0 saturated heterocycles. The second kappa shape index (κ2) is 5.64. The first kappa shape index (κ1) is 13.1. The molecule has 2 aliphatic rings. The lowest BCUT2D eigenvalue weighted by atomic mass is 9.79. The van der Waals surface area contributed by atoms with Gasteiger partial charge in [-0.3, -0.25) is 0 Å². The third-order valence-corrected chi connectivity index (χ3v) is 5.01. The molecule has 1 aromatic rings. The van der Waals surface area contributed by atoms with Gasteiger partial charge in [0.2, 0.25) is 0 Å². The van der Waals surface area contributed by atoms with E-state index in [0.29, 0.717) is 5.92 Å². The Kier molecular flexibility index (Phi) is 3.90. The number of aliphatic hydroxyl groups is 1. The zero-order valence-corrected chi connectivity index (χ0v) is 11.6. The Balaban J connectivity index is 1.74. The van der Waals surface area contributed by atoms with E-state index in [1.54, 1.807) is 0 Å². The largest absolute Gasteiger partial charge is 0.393 e. The van der Waals surface area contributed by atoms with Crippen LogP contribution in [-0.2, 0) is 12.8 Å². The molecule has 0 aromatic heterocycles. The molecule has 0 spiro atoms. The minimum absolute atomic E-state index is 0.0908. The summed E-state index contributed by atoms with van der Waals surface area (Å²) in [6.07, 6.45) is 9.00. The molecule has 0 heterocycles. The topological polar surface area (TPSA) is 46.2 Å². The van der Waals surface area contributed by atoms with Crippen LogP contribution in [0.5, 0.6) is 0 Å². The maximum atomic E-state index is 9.60. The quantitative estimate of drug-likeness (QED) is 0.857. The van der Waals surface area contributed by atoms with Crippen molar-refractivity contribution >= 4 is 0 Å². The fourth-order valence-electron chi connectivity index (χ4n) is 3.69. The van der Waals surface area contributed by atoms with Gasteiger partial charge in [0.15, 0.2) is 0 Å². The summed E-state index contributed by atoms with van der Waals surface area (Å²) in [5.41, 5.74) is 10.8. The van der Waals surface area contributed by atoms with E-state index in [2.05, 4.69) is 18.2 Å². The van der Waals surface area contributed by atoms with Gasteiger partial charge in [-0.25, -0.2) is 0 Å². The average molecular weight is 259 g/mol. The lowest BCUT2D eigenvalue weighted by molar-refractivity contribution is 0.102. The molecule has 0 amide bonds. The summed E-state index contributed by atoms with van der Waals surface area (Å²) in [5, 5.41) is 9.60. The predicted octanol–water partition coefficient (Wildman–Crippen LogP) is 3.12. The lowest BCUT2D eigenvalue weighted by Gasteiger charge is -2.31. The molecule has 0 aliphatic heterocycles. The summed E-state index contributed by atoms with van der Waals surface area (Å²) in [5.74, 6) is 0.546. The summed E-state index contributed by atoms with van der Waals surface area (Å²) in [6, 6.07) is 7.03. The van der Waals surface area contributed by atoms with Gasteiger partial charge in [-0.05, 0) is 74.0 Å². The standard InChI is InChI=1S/C17H25NO/c18-17(13-7-9-16(19)10-8-13)15-6-5-12-3-1-2-4-14(12)11-15/h5-6,11,13,16-17,19H,1-4,7-10,18H2. The van der Waals surface area contributed by atoms with Crippen LogP contribution < -0.4 is 5.73 Å². The number of hydrogen-bond acceptors (Lipinski definition) is 2. The van der Waals surface area contributed by atoms with Gasteiger partial charge in [-0.15, -0.1) is 0 Å². The van der Waals surface area contributed by atoms with Crippen LogP contribution in [0.3, 0.4) is 0 Å². The first-order chi connectivity index (χ1) is 9.24. The van der Waals surface area contributed by atoms with Crippen LogP contribution in [0.25, 0.3) is 0 Å². The van der Waals surface area contributed by atoms with Crippen LogP contribution in [0.15, 0.2) is 18.2 Å². The van der Waals surface area contributed by atoms with Crippen molar-refractivity contribution in [3.63, 3.8) is 0 Å². The molecule has 3 N–H and O–H groups in total. The van der Waals surface area contributed by atoms with E-state index in [1.165, 1.54) is 42.4 Å². The molecule has 19 heavy (non-hydrogen) atoms. The molecule has 1 aromatic carbocycles. The highest BCUT2D eigenvalue weighted by atomic mass is 16.3. The molecule has 2 aliphatic carbocycles. The van der Waals surface area contributed by atoms with Gasteiger partial charge in [0.1, 0.15) is 0 Å². The Labute approximate surface area is 116 Å². The van der Waals surface area contributed by atoms with Crippen molar-refractivity contribution in [2.24, 2.45) is 11.7 Å². The van der Waals surface area contributed by atoms with Crippen molar-refractivity contribution < 1.29 is 5.11 Å². The first-order valence-corrected chi connectivity index (χ1v) is 7.79. The van der Waals surface area contributed by atoms with E-state index in [9.17, 15) is 5.11 Å². The van der Waals surface area contributed by atoms with E-state index >= 15 is 0 Å². The number of fused-ring (bicyclic) bond motifs is 1. The van der Waals surface area contributed by atoms with Crippen LogP contribution in [0.2, 0.25) is 0 Å². The molecular formula is C17H25NO. The van der Waals surface area contributed by atoms with E-state index in [1.807, 2.05) is 0 Å². The van der Waals surface area contributed by atoms with Gasteiger partial charge in [-0.2, -0.15) is 0 Å². The van der Waals surface area contributed by atoms with E-state index in [4.69, 9.17) is 5.73 Å². The molecule has 1 unspecified atom stereocenters. The molecule has 2 heteroatoms. The van der Waals surface area contributed by atoms with Gasteiger partial charge in [0, 0.05) is 6.04 Å². The fraction of sp³-hybridized carbons (Fsp3) is 0.647. The molecular weight excluding hydrogens is 234 g/mol. The molecule has 0 bridgehead atoms. The van der Waals surface area contributed by atoms with Crippen molar-refractivity contribution in [3.8, 4) is 0 Å². The minimum atomic E-state index is -0.0908. The van der Waals surface area contributed by atoms with E-state index in [-0.39, 0.29) is 12.1 Å². The molecule has 1 fully saturated rings. The van der Waals surface area contributed by atoms with Crippen LogP contribution >= 0.6 is 0 Å². The first-order valence-electron chi connectivity index (χ1n) is 7.79. The second-order valence-corrected chi connectivity index (χ2v) is 6.33. The van der Waals surface area contributed by atoms with Crippen molar-refractivity contribution in [1.29, 1.82) is 0 Å². The molecule has 1 atom stereocenters. The molecule has 1 saturated carbocycles. The van der Waals surface area contributed by atoms with Gasteiger partial charge in [0.05, 0.1) is 6.10 Å². The van der Waals surface area contributed by atoms with Gasteiger partial charge in [0.25, 0.3) is 0 Å². The summed E-state index contributed by atoms with van der Waals surface area (Å²) in [4.78, 5) is 0. The summed E-state index contributed by atoms with van der Waals surface area (Å²) in [7, 11) is 0. The predicted molar refractivity (Wildman–Crippen MR) is 78.0 cm³/mol. The Morgan fingerprint density at radius 1 is 1.00 bits per heavy atom. The summed E-state index contributed by atoms with van der Waals surface area (Å²) >= 11 is 0. The Bertz CT molecular complexity index is 435. The maximum absolute atomic E-state index is 9.60. The lowest BCUT2D eigenvalue weighted by Crippen LogP contribution is -2.27. The van der Waals surface area contributed by atoms with Gasteiger partial charge < -0.3 is 10.8 Å². The minimum Gasteiger partial charge on any atom is -0.393 e. The molecule has 2 nitrogen and oxygen atoms in total. The summed E-state index contributed by atoms with van der Waals surface area (Å²) in [6.45, 7) is 0. The molecule has 104 valence electrons. The van der Waals surface area contributed by atoms with E-state index in [0.717, 1.165) is 25.7 Å². The highest BCUT2D eigenvalue weighted by Crippen LogP contribution is 2.34. The number of rotatable bonds is 2. The fourth-order valence-corrected chi connectivity index (χ4v) is 3.69. The van der Waals surface area contributed by atoms with Crippen LogP contribution in [-0.4, -0.2) is 11.2 Å². The molecule has 0 radical (unpaired) electrons.